The number of aryl methyl sites for hydroxylation is 1. The first-order valence-electron chi connectivity index (χ1n) is 6.93. The first kappa shape index (κ1) is 11.8. The van der Waals surface area contributed by atoms with Crippen LogP contribution in [0.25, 0.3) is 10.9 Å². The van der Waals surface area contributed by atoms with Gasteiger partial charge < -0.3 is 5.11 Å². The number of pyridine rings is 1. The third kappa shape index (κ3) is 1.39. The maximum Gasteiger partial charge on any atom is 0.336 e. The van der Waals surface area contributed by atoms with Gasteiger partial charge in [-0.05, 0) is 55.4 Å². The summed E-state index contributed by atoms with van der Waals surface area (Å²) >= 11 is 0. The summed E-state index contributed by atoms with van der Waals surface area (Å²) in [6, 6.07) is 2.73. The smallest absolute Gasteiger partial charge is 0.336 e. The van der Waals surface area contributed by atoms with E-state index in [1.807, 2.05) is 0 Å². The molecule has 0 amide bonds. The van der Waals surface area contributed by atoms with Gasteiger partial charge in [-0.1, -0.05) is 0 Å². The summed E-state index contributed by atoms with van der Waals surface area (Å²) in [5.74, 6) is -0.683. The quantitative estimate of drug-likeness (QED) is 0.859. The standard InChI is InChI=1S/C16H14FNO2/c1-7-4-10(17)6-11-13(16(19)20)12-8-2-3-9(5-8)15(12)18-14(7)11/h4,6,8-9H,2-3,5H2,1H3,(H,19,20). The van der Waals surface area contributed by atoms with E-state index in [0.717, 1.165) is 30.5 Å². The van der Waals surface area contributed by atoms with Gasteiger partial charge in [0.25, 0.3) is 0 Å². The van der Waals surface area contributed by atoms with Crippen molar-refractivity contribution in [3.63, 3.8) is 0 Å². The molecule has 20 heavy (non-hydrogen) atoms. The average molecular weight is 271 g/mol. The van der Waals surface area contributed by atoms with Gasteiger partial charge in [-0.2, -0.15) is 0 Å². The molecule has 1 aromatic heterocycles. The molecule has 1 N–H and O–H groups in total. The van der Waals surface area contributed by atoms with E-state index in [2.05, 4.69) is 0 Å². The average Bonchev–Trinajstić information content (AvgIpc) is 2.97. The van der Waals surface area contributed by atoms with Crippen LogP contribution in [0.5, 0.6) is 0 Å². The zero-order chi connectivity index (χ0) is 14.0. The number of nitrogens with zero attached hydrogens (tertiary/aromatic N) is 1. The van der Waals surface area contributed by atoms with Crippen molar-refractivity contribution in [2.45, 2.75) is 38.0 Å². The number of aromatic carboxylic acids is 1. The van der Waals surface area contributed by atoms with Crippen molar-refractivity contribution < 1.29 is 14.3 Å². The number of carboxylic acid groups (broad SMARTS) is 1. The number of rotatable bonds is 1. The third-order valence-electron chi connectivity index (χ3n) is 4.75. The van der Waals surface area contributed by atoms with Crippen LogP contribution in [0.15, 0.2) is 12.1 Å². The molecule has 0 saturated heterocycles. The SMILES string of the molecule is Cc1cc(F)cc2c(C(=O)O)c3c(nc12)C1CCC3C1. The summed E-state index contributed by atoms with van der Waals surface area (Å²) in [5, 5.41) is 10.1. The lowest BCUT2D eigenvalue weighted by Gasteiger charge is -2.19. The molecule has 2 atom stereocenters. The molecule has 1 saturated carbocycles. The summed E-state index contributed by atoms with van der Waals surface area (Å²) in [7, 11) is 0. The molecular weight excluding hydrogens is 257 g/mol. The molecule has 2 aromatic rings. The lowest BCUT2D eigenvalue weighted by molar-refractivity contribution is 0.0697. The van der Waals surface area contributed by atoms with Crippen molar-refractivity contribution in [3.8, 4) is 0 Å². The van der Waals surface area contributed by atoms with Gasteiger partial charge in [0.1, 0.15) is 5.82 Å². The molecule has 1 aromatic carbocycles. The van der Waals surface area contributed by atoms with E-state index in [9.17, 15) is 14.3 Å². The number of aromatic nitrogens is 1. The van der Waals surface area contributed by atoms with Crippen LogP contribution in [0, 0.1) is 12.7 Å². The number of benzene rings is 1. The molecular formula is C16H14FNO2. The van der Waals surface area contributed by atoms with Crippen LogP contribution in [0.4, 0.5) is 4.39 Å². The molecule has 2 bridgehead atoms. The van der Waals surface area contributed by atoms with Crippen LogP contribution in [0.3, 0.4) is 0 Å². The molecule has 1 heterocycles. The van der Waals surface area contributed by atoms with Gasteiger partial charge in [-0.25, -0.2) is 9.18 Å². The number of halogens is 1. The first-order valence-corrected chi connectivity index (χ1v) is 6.93. The van der Waals surface area contributed by atoms with E-state index >= 15 is 0 Å². The number of carbonyl (C=O) groups is 1. The molecule has 2 aliphatic rings. The Morgan fingerprint density at radius 2 is 2.10 bits per heavy atom. The molecule has 2 unspecified atom stereocenters. The van der Waals surface area contributed by atoms with E-state index in [1.165, 1.54) is 12.1 Å². The summed E-state index contributed by atoms with van der Waals surface area (Å²) in [4.78, 5) is 16.4. The van der Waals surface area contributed by atoms with Crippen molar-refractivity contribution in [1.29, 1.82) is 0 Å². The summed E-state index contributed by atoms with van der Waals surface area (Å²) in [5.41, 5.74) is 3.43. The lowest BCUT2D eigenvalue weighted by Crippen LogP contribution is -2.11. The molecule has 4 heteroatoms. The zero-order valence-corrected chi connectivity index (χ0v) is 11.1. The Bertz CT molecular complexity index is 769. The minimum atomic E-state index is -0.966. The Kier molecular flexibility index (Phi) is 2.23. The van der Waals surface area contributed by atoms with Crippen molar-refractivity contribution in [1.82, 2.24) is 4.98 Å². The maximum absolute atomic E-state index is 13.7. The number of hydrogen-bond donors (Lipinski definition) is 1. The van der Waals surface area contributed by atoms with Gasteiger partial charge in [0, 0.05) is 17.0 Å². The second kappa shape index (κ2) is 3.78. The Morgan fingerprint density at radius 1 is 1.35 bits per heavy atom. The highest BCUT2D eigenvalue weighted by Crippen LogP contribution is 2.54. The summed E-state index contributed by atoms with van der Waals surface area (Å²) < 4.78 is 13.7. The minimum absolute atomic E-state index is 0.278. The fourth-order valence-electron chi connectivity index (χ4n) is 3.98. The van der Waals surface area contributed by atoms with Gasteiger partial charge in [0.2, 0.25) is 0 Å². The normalized spacial score (nSPS) is 23.3. The highest BCUT2D eigenvalue weighted by Gasteiger charge is 2.41. The highest BCUT2D eigenvalue weighted by molar-refractivity contribution is 6.05. The fraction of sp³-hybridized carbons (Fsp3) is 0.375. The number of fused-ring (bicyclic) bond motifs is 6. The monoisotopic (exact) mass is 271 g/mol. The molecule has 2 aliphatic carbocycles. The van der Waals surface area contributed by atoms with Crippen molar-refractivity contribution in [3.05, 3.63) is 40.3 Å². The molecule has 0 aliphatic heterocycles. The van der Waals surface area contributed by atoms with E-state index < -0.39 is 11.8 Å². The zero-order valence-electron chi connectivity index (χ0n) is 11.1. The van der Waals surface area contributed by atoms with E-state index in [1.54, 1.807) is 6.92 Å². The van der Waals surface area contributed by atoms with Crippen molar-refractivity contribution in [2.75, 3.05) is 0 Å². The predicted octanol–water partition coefficient (Wildman–Crippen LogP) is 3.75. The van der Waals surface area contributed by atoms with Crippen LogP contribution in [-0.2, 0) is 0 Å². The van der Waals surface area contributed by atoms with Gasteiger partial charge in [0.15, 0.2) is 0 Å². The summed E-state index contributed by atoms with van der Waals surface area (Å²) in [6.45, 7) is 1.78. The van der Waals surface area contributed by atoms with Gasteiger partial charge >= 0.3 is 5.97 Å². The fourth-order valence-corrected chi connectivity index (χ4v) is 3.98. The van der Waals surface area contributed by atoms with Crippen LogP contribution < -0.4 is 0 Å². The van der Waals surface area contributed by atoms with Crippen molar-refractivity contribution >= 4 is 16.9 Å². The number of hydrogen-bond acceptors (Lipinski definition) is 2. The van der Waals surface area contributed by atoms with Gasteiger partial charge in [0.05, 0.1) is 11.1 Å². The Labute approximate surface area is 115 Å². The van der Waals surface area contributed by atoms with Crippen LogP contribution in [0.2, 0.25) is 0 Å². The Balaban J connectivity index is 2.18. The molecule has 4 rings (SSSR count). The van der Waals surface area contributed by atoms with Gasteiger partial charge in [-0.3, -0.25) is 4.98 Å². The molecule has 3 nitrogen and oxygen atoms in total. The lowest BCUT2D eigenvalue weighted by atomic mass is 9.89. The highest BCUT2D eigenvalue weighted by atomic mass is 19.1. The Hall–Kier alpha value is -1.97. The van der Waals surface area contributed by atoms with E-state index in [0.29, 0.717) is 28.3 Å². The van der Waals surface area contributed by atoms with Crippen LogP contribution in [-0.4, -0.2) is 16.1 Å². The second-order valence-corrected chi connectivity index (χ2v) is 5.92. The van der Waals surface area contributed by atoms with Crippen LogP contribution >= 0.6 is 0 Å². The molecule has 1 fully saturated rings. The molecule has 0 spiro atoms. The largest absolute Gasteiger partial charge is 0.478 e. The van der Waals surface area contributed by atoms with Crippen molar-refractivity contribution in [2.24, 2.45) is 0 Å². The number of carboxylic acids is 1. The predicted molar refractivity (Wildman–Crippen MR) is 72.7 cm³/mol. The maximum atomic E-state index is 13.7. The van der Waals surface area contributed by atoms with Crippen LogP contribution in [0.1, 0.15) is 58.3 Å². The van der Waals surface area contributed by atoms with E-state index in [4.69, 9.17) is 4.98 Å². The van der Waals surface area contributed by atoms with Gasteiger partial charge in [-0.15, -0.1) is 0 Å². The first-order chi connectivity index (χ1) is 9.56. The second-order valence-electron chi connectivity index (χ2n) is 5.92. The minimum Gasteiger partial charge on any atom is -0.478 e. The summed E-state index contributed by atoms with van der Waals surface area (Å²) in [6.07, 6.45) is 3.12. The molecule has 102 valence electrons. The topological polar surface area (TPSA) is 50.2 Å². The van der Waals surface area contributed by atoms with E-state index in [-0.39, 0.29) is 5.56 Å². The Morgan fingerprint density at radius 3 is 2.85 bits per heavy atom. The molecule has 0 radical (unpaired) electrons. The third-order valence-corrected chi connectivity index (χ3v) is 4.75.